The molecular weight excluding hydrogens is 552 g/mol. The first-order chi connectivity index (χ1) is 21.0. The van der Waals surface area contributed by atoms with Gasteiger partial charge in [0.25, 0.3) is 5.91 Å². The van der Waals surface area contributed by atoms with Crippen LogP contribution in [0.4, 0.5) is 10.6 Å². The summed E-state index contributed by atoms with van der Waals surface area (Å²) in [5, 5.41) is 5.09. The molecule has 3 aromatic rings. The van der Waals surface area contributed by atoms with Crippen LogP contribution >= 0.6 is 0 Å². The highest BCUT2D eigenvalue weighted by atomic mass is 16.7. The number of hydrogen-bond acceptors (Lipinski definition) is 9. The summed E-state index contributed by atoms with van der Waals surface area (Å²) in [6.45, 7) is 2.17. The number of unbranched alkanes of at least 4 members (excludes halogenated alkanes) is 1. The first kappa shape index (κ1) is 31.3. The molecule has 12 nitrogen and oxygen atoms in total. The van der Waals surface area contributed by atoms with Gasteiger partial charge in [0.15, 0.2) is 12.4 Å². The number of rotatable bonds is 14. The second-order valence-corrected chi connectivity index (χ2v) is 10.0. The number of hydroxylamine groups is 1. The summed E-state index contributed by atoms with van der Waals surface area (Å²) >= 11 is 0. The average Bonchev–Trinajstić information content (AvgIpc) is 3.50. The number of benzene rings is 2. The lowest BCUT2D eigenvalue weighted by Gasteiger charge is -2.33. The van der Waals surface area contributed by atoms with E-state index < -0.39 is 36.0 Å². The maximum atomic E-state index is 14.1. The number of amides is 3. The van der Waals surface area contributed by atoms with Crippen LogP contribution < -0.4 is 10.8 Å². The zero-order valence-corrected chi connectivity index (χ0v) is 24.0. The lowest BCUT2D eigenvalue weighted by molar-refractivity contribution is -0.155. The highest BCUT2D eigenvalue weighted by molar-refractivity contribution is 5.97. The molecule has 2 N–H and O–H groups in total. The topological polar surface area (TPSA) is 143 Å². The van der Waals surface area contributed by atoms with Crippen molar-refractivity contribution in [2.45, 2.75) is 51.4 Å². The fraction of sp³-hybridized carbons (Fsp3) is 0.355. The van der Waals surface area contributed by atoms with Crippen LogP contribution in [0.1, 0.15) is 49.8 Å². The summed E-state index contributed by atoms with van der Waals surface area (Å²) in [6, 6.07) is 18.7. The van der Waals surface area contributed by atoms with Crippen LogP contribution in [0.2, 0.25) is 0 Å². The summed E-state index contributed by atoms with van der Waals surface area (Å²) < 4.78 is 5.54. The predicted molar refractivity (Wildman–Crippen MR) is 157 cm³/mol. The van der Waals surface area contributed by atoms with Crippen LogP contribution in [0.3, 0.4) is 0 Å². The lowest BCUT2D eigenvalue weighted by atomic mass is 10.0. The van der Waals surface area contributed by atoms with Gasteiger partial charge < -0.3 is 10.1 Å². The van der Waals surface area contributed by atoms with Crippen molar-refractivity contribution in [3.05, 3.63) is 90.4 Å². The third kappa shape index (κ3) is 8.66. The predicted octanol–water partition coefficient (Wildman–Crippen LogP) is 3.84. The van der Waals surface area contributed by atoms with E-state index in [1.54, 1.807) is 24.3 Å². The number of hydrazine groups is 1. The smallest absolute Gasteiger partial charge is 0.429 e. The van der Waals surface area contributed by atoms with Crippen molar-refractivity contribution in [1.82, 2.24) is 25.5 Å². The van der Waals surface area contributed by atoms with Gasteiger partial charge in [-0.05, 0) is 30.0 Å². The molecule has 12 heteroatoms. The Morgan fingerprint density at radius 2 is 1.81 bits per heavy atom. The number of carbonyl (C=O) groups is 4. The van der Waals surface area contributed by atoms with Gasteiger partial charge in [-0.15, -0.1) is 0 Å². The van der Waals surface area contributed by atoms with Gasteiger partial charge >= 0.3 is 6.09 Å². The van der Waals surface area contributed by atoms with Crippen LogP contribution in [0, 0.1) is 5.92 Å². The third-order valence-electron chi connectivity index (χ3n) is 6.99. The van der Waals surface area contributed by atoms with Crippen LogP contribution in [0.5, 0.6) is 0 Å². The Kier molecular flexibility index (Phi) is 11.7. The molecule has 3 atom stereocenters. The van der Waals surface area contributed by atoms with E-state index in [0.717, 1.165) is 18.4 Å². The summed E-state index contributed by atoms with van der Waals surface area (Å²) in [5.41, 5.74) is 4.24. The molecule has 43 heavy (non-hydrogen) atoms. The molecule has 1 fully saturated rings. The second kappa shape index (κ2) is 16.1. The van der Waals surface area contributed by atoms with Crippen molar-refractivity contribution < 1.29 is 28.8 Å². The van der Waals surface area contributed by atoms with E-state index in [9.17, 15) is 19.2 Å². The van der Waals surface area contributed by atoms with E-state index in [4.69, 9.17) is 9.57 Å². The van der Waals surface area contributed by atoms with Crippen molar-refractivity contribution in [3.8, 4) is 0 Å². The first-order valence-corrected chi connectivity index (χ1v) is 14.3. The zero-order valence-electron chi connectivity index (χ0n) is 24.0. The fourth-order valence-electron chi connectivity index (χ4n) is 4.71. The van der Waals surface area contributed by atoms with Gasteiger partial charge in [-0.1, -0.05) is 80.4 Å². The standard InChI is InChI=1S/C31H36N6O6/c1-2-3-12-25(19-34-43-27(20-38)24-13-8-5-9-14-24)30(40)37-26(29(39)35-28-15-17-32-22-33-28)16-18-36(37)31(41)42-21-23-10-6-4-7-11-23/h4-11,13-15,17,20,22,25-27,34H,2-3,12,16,18-19,21H2,1H3,(H,32,33,35,39)/t25-,26+,27?/m1/s1. The molecule has 1 unspecified atom stereocenters. The summed E-state index contributed by atoms with van der Waals surface area (Å²) in [7, 11) is 0. The van der Waals surface area contributed by atoms with Gasteiger partial charge in [0.2, 0.25) is 5.91 Å². The van der Waals surface area contributed by atoms with Gasteiger partial charge in [0.1, 0.15) is 24.8 Å². The number of nitrogens with one attached hydrogen (secondary N) is 2. The van der Waals surface area contributed by atoms with Crippen molar-refractivity contribution in [3.63, 3.8) is 0 Å². The number of aldehydes is 1. The summed E-state index contributed by atoms with van der Waals surface area (Å²) in [6.07, 6.45) is 4.06. The van der Waals surface area contributed by atoms with Gasteiger partial charge in [-0.3, -0.25) is 19.2 Å². The number of carbonyl (C=O) groups excluding carboxylic acids is 4. The molecule has 0 aliphatic carbocycles. The molecule has 0 saturated carbocycles. The molecule has 0 spiro atoms. The van der Waals surface area contributed by atoms with E-state index in [1.165, 1.54) is 28.6 Å². The minimum Gasteiger partial charge on any atom is -0.443 e. The van der Waals surface area contributed by atoms with Crippen molar-refractivity contribution in [1.29, 1.82) is 0 Å². The Hall–Kier alpha value is -4.68. The van der Waals surface area contributed by atoms with Crippen molar-refractivity contribution >= 4 is 30.0 Å². The van der Waals surface area contributed by atoms with Gasteiger partial charge in [-0.2, -0.15) is 0 Å². The molecule has 2 aromatic carbocycles. The second-order valence-electron chi connectivity index (χ2n) is 10.0. The number of hydrogen-bond donors (Lipinski definition) is 2. The van der Waals surface area contributed by atoms with E-state index >= 15 is 0 Å². The SMILES string of the molecule is CCCC[C@H](CNOC(C=O)c1ccccc1)C(=O)N1[C@H](C(=O)Nc2ccncn2)CCN1C(=O)OCc1ccccc1. The number of aromatic nitrogens is 2. The molecule has 2 heterocycles. The fourth-order valence-corrected chi connectivity index (χ4v) is 4.71. The van der Waals surface area contributed by atoms with Crippen LogP contribution in [-0.4, -0.2) is 63.3 Å². The molecule has 4 rings (SSSR count). The van der Waals surface area contributed by atoms with E-state index in [1.807, 2.05) is 43.3 Å². The molecule has 1 aromatic heterocycles. The maximum absolute atomic E-state index is 14.1. The molecule has 0 radical (unpaired) electrons. The Morgan fingerprint density at radius 1 is 1.07 bits per heavy atom. The highest BCUT2D eigenvalue weighted by Crippen LogP contribution is 2.26. The Morgan fingerprint density at radius 3 is 2.49 bits per heavy atom. The summed E-state index contributed by atoms with van der Waals surface area (Å²) in [4.78, 5) is 66.0. The average molecular weight is 589 g/mol. The van der Waals surface area contributed by atoms with E-state index in [2.05, 4.69) is 20.8 Å². The van der Waals surface area contributed by atoms with Gasteiger partial charge in [-0.25, -0.2) is 30.3 Å². The van der Waals surface area contributed by atoms with Gasteiger partial charge in [0.05, 0.1) is 5.92 Å². The van der Waals surface area contributed by atoms with Crippen LogP contribution in [-0.2, 0) is 30.6 Å². The lowest BCUT2D eigenvalue weighted by Crippen LogP contribution is -2.54. The van der Waals surface area contributed by atoms with Gasteiger partial charge in [0, 0.05) is 19.3 Å². The Bertz CT molecular complexity index is 1330. The largest absolute Gasteiger partial charge is 0.443 e. The highest BCUT2D eigenvalue weighted by Gasteiger charge is 2.45. The molecule has 226 valence electrons. The first-order valence-electron chi connectivity index (χ1n) is 14.3. The van der Waals surface area contributed by atoms with E-state index in [0.29, 0.717) is 18.3 Å². The Labute approximate surface area is 250 Å². The summed E-state index contributed by atoms with van der Waals surface area (Å²) in [5.74, 6) is -1.33. The molecule has 0 bridgehead atoms. The molecule has 1 saturated heterocycles. The van der Waals surface area contributed by atoms with Crippen LogP contribution in [0.25, 0.3) is 0 Å². The molecule has 3 amide bonds. The Balaban J connectivity index is 1.51. The molecular formula is C31H36N6O6. The minimum atomic E-state index is -0.983. The monoisotopic (exact) mass is 588 g/mol. The van der Waals surface area contributed by atoms with Crippen molar-refractivity contribution in [2.75, 3.05) is 18.4 Å². The van der Waals surface area contributed by atoms with Crippen molar-refractivity contribution in [2.24, 2.45) is 5.92 Å². The zero-order chi connectivity index (χ0) is 30.4. The number of ether oxygens (including phenoxy) is 1. The molecule has 1 aliphatic heterocycles. The molecule has 1 aliphatic rings. The number of anilines is 1. The van der Waals surface area contributed by atoms with E-state index in [-0.39, 0.29) is 31.9 Å². The quantitative estimate of drug-likeness (QED) is 0.212. The maximum Gasteiger partial charge on any atom is 0.429 e. The third-order valence-corrected chi connectivity index (χ3v) is 6.99. The van der Waals surface area contributed by atoms with Crippen LogP contribution in [0.15, 0.2) is 79.3 Å². The normalized spacial score (nSPS) is 15.9. The number of nitrogens with zero attached hydrogens (tertiary/aromatic N) is 4. The minimum absolute atomic E-state index is 0.0111.